The number of aliphatic carboxylic acids is 1. The van der Waals surface area contributed by atoms with Gasteiger partial charge in [0.25, 0.3) is 5.91 Å². The monoisotopic (exact) mass is 321 g/mol. The number of carboxylic acids is 1. The van der Waals surface area contributed by atoms with Gasteiger partial charge in [-0.05, 0) is 32.3 Å². The minimum Gasteiger partial charge on any atom is -0.479 e. The highest BCUT2D eigenvalue weighted by atomic mass is 16.5. The molecule has 2 fully saturated rings. The molecule has 0 bridgehead atoms. The normalized spacial score (nSPS) is 27.6. The van der Waals surface area contributed by atoms with Crippen molar-refractivity contribution in [3.8, 4) is 0 Å². The van der Waals surface area contributed by atoms with Crippen LogP contribution in [0.3, 0.4) is 0 Å². The van der Waals surface area contributed by atoms with Crippen LogP contribution >= 0.6 is 0 Å². The maximum atomic E-state index is 12.8. The highest BCUT2D eigenvalue weighted by Crippen LogP contribution is 2.33. The number of piperidine rings is 1. The van der Waals surface area contributed by atoms with Gasteiger partial charge in [-0.3, -0.25) is 9.48 Å². The van der Waals surface area contributed by atoms with Gasteiger partial charge in [-0.25, -0.2) is 4.79 Å². The lowest BCUT2D eigenvalue weighted by Crippen LogP contribution is -2.57. The van der Waals surface area contributed by atoms with Crippen molar-refractivity contribution >= 4 is 11.9 Å². The summed E-state index contributed by atoms with van der Waals surface area (Å²) in [7, 11) is 0. The van der Waals surface area contributed by atoms with Gasteiger partial charge < -0.3 is 14.7 Å². The van der Waals surface area contributed by atoms with E-state index in [1.807, 2.05) is 6.92 Å². The van der Waals surface area contributed by atoms with E-state index in [1.165, 1.54) is 4.68 Å². The van der Waals surface area contributed by atoms with Gasteiger partial charge in [-0.1, -0.05) is 0 Å². The SMILES string of the molecule is CC1(C(=O)N2CCC(C(=O)O)(n3cccn3)CC2)CCCCO1. The first-order chi connectivity index (χ1) is 11.0. The van der Waals surface area contributed by atoms with E-state index in [2.05, 4.69) is 5.10 Å². The maximum absolute atomic E-state index is 12.8. The van der Waals surface area contributed by atoms with E-state index in [9.17, 15) is 14.7 Å². The topological polar surface area (TPSA) is 84.7 Å². The average molecular weight is 321 g/mol. The van der Waals surface area contributed by atoms with Gasteiger partial charge in [-0.2, -0.15) is 5.10 Å². The van der Waals surface area contributed by atoms with Gasteiger partial charge >= 0.3 is 5.97 Å². The van der Waals surface area contributed by atoms with Gasteiger partial charge in [0.05, 0.1) is 0 Å². The zero-order valence-electron chi connectivity index (χ0n) is 13.4. The number of hydrogen-bond acceptors (Lipinski definition) is 4. The number of carboxylic acid groups (broad SMARTS) is 1. The molecule has 0 spiro atoms. The summed E-state index contributed by atoms with van der Waals surface area (Å²) in [5.74, 6) is -0.912. The molecule has 1 aromatic heterocycles. The van der Waals surface area contributed by atoms with Crippen LogP contribution in [0, 0.1) is 0 Å². The Hall–Kier alpha value is -1.89. The predicted octanol–water partition coefficient (Wildman–Crippen LogP) is 1.24. The third-order valence-corrected chi connectivity index (χ3v) is 5.14. The zero-order chi connectivity index (χ0) is 16.5. The average Bonchev–Trinajstić information content (AvgIpc) is 3.09. The van der Waals surface area contributed by atoms with Crippen LogP contribution in [0.1, 0.15) is 39.0 Å². The number of amides is 1. The highest BCUT2D eigenvalue weighted by Gasteiger charge is 2.47. The molecule has 3 rings (SSSR count). The van der Waals surface area contributed by atoms with Crippen LogP contribution in [0.15, 0.2) is 18.5 Å². The van der Waals surface area contributed by atoms with Crippen molar-refractivity contribution in [2.45, 2.75) is 50.2 Å². The van der Waals surface area contributed by atoms with Crippen molar-refractivity contribution in [3.05, 3.63) is 18.5 Å². The fourth-order valence-corrected chi connectivity index (χ4v) is 3.58. The van der Waals surface area contributed by atoms with E-state index in [1.54, 1.807) is 23.4 Å². The summed E-state index contributed by atoms with van der Waals surface area (Å²) in [5, 5.41) is 13.8. The second kappa shape index (κ2) is 5.96. The Labute approximate surface area is 135 Å². The first kappa shape index (κ1) is 16.0. The van der Waals surface area contributed by atoms with Crippen LogP contribution in [0.2, 0.25) is 0 Å². The van der Waals surface area contributed by atoms with E-state index in [0.717, 1.165) is 19.3 Å². The molecule has 2 aliphatic heterocycles. The van der Waals surface area contributed by atoms with E-state index in [0.29, 0.717) is 32.5 Å². The second-order valence-corrected chi connectivity index (χ2v) is 6.62. The smallest absolute Gasteiger partial charge is 0.331 e. The molecule has 2 aliphatic rings. The van der Waals surface area contributed by atoms with E-state index in [4.69, 9.17) is 4.74 Å². The number of nitrogens with zero attached hydrogens (tertiary/aromatic N) is 3. The number of likely N-dealkylation sites (tertiary alicyclic amines) is 1. The number of ether oxygens (including phenoxy) is 1. The van der Waals surface area contributed by atoms with Crippen LogP contribution in [-0.2, 0) is 19.9 Å². The third-order valence-electron chi connectivity index (χ3n) is 5.14. The molecule has 1 amide bonds. The molecule has 2 saturated heterocycles. The van der Waals surface area contributed by atoms with Crippen molar-refractivity contribution in [1.82, 2.24) is 14.7 Å². The first-order valence-electron chi connectivity index (χ1n) is 8.15. The molecule has 1 atom stereocenters. The molecule has 0 saturated carbocycles. The Morgan fingerprint density at radius 3 is 2.48 bits per heavy atom. The van der Waals surface area contributed by atoms with Crippen LogP contribution in [0.4, 0.5) is 0 Å². The number of hydrogen-bond donors (Lipinski definition) is 1. The van der Waals surface area contributed by atoms with Crippen molar-refractivity contribution in [2.75, 3.05) is 19.7 Å². The standard InChI is InChI=1S/C16H23N3O4/c1-15(5-2-3-12-23-15)13(20)18-10-6-16(7-11-18,14(21)22)19-9-4-8-17-19/h4,8-9H,2-3,5-7,10-12H2,1H3,(H,21,22). The van der Waals surface area contributed by atoms with Gasteiger partial charge in [-0.15, -0.1) is 0 Å². The number of carbonyl (C=O) groups excluding carboxylic acids is 1. The zero-order valence-corrected chi connectivity index (χ0v) is 13.4. The Morgan fingerprint density at radius 2 is 1.96 bits per heavy atom. The lowest BCUT2D eigenvalue weighted by atomic mass is 9.86. The fourth-order valence-electron chi connectivity index (χ4n) is 3.58. The lowest BCUT2D eigenvalue weighted by Gasteiger charge is -2.43. The van der Waals surface area contributed by atoms with Gasteiger partial charge in [0.15, 0.2) is 5.54 Å². The Morgan fingerprint density at radius 1 is 1.22 bits per heavy atom. The van der Waals surface area contributed by atoms with E-state index in [-0.39, 0.29) is 5.91 Å². The van der Waals surface area contributed by atoms with Gasteiger partial charge in [0.1, 0.15) is 5.60 Å². The first-order valence-corrected chi connectivity index (χ1v) is 8.15. The number of aromatic nitrogens is 2. The summed E-state index contributed by atoms with van der Waals surface area (Å²) in [6, 6.07) is 1.72. The Kier molecular flexibility index (Phi) is 4.14. The van der Waals surface area contributed by atoms with E-state index >= 15 is 0 Å². The largest absolute Gasteiger partial charge is 0.479 e. The molecule has 0 radical (unpaired) electrons. The molecule has 1 N–H and O–H groups in total. The Bertz CT molecular complexity index is 570. The van der Waals surface area contributed by atoms with Crippen molar-refractivity contribution in [2.24, 2.45) is 0 Å². The molecule has 126 valence electrons. The lowest BCUT2D eigenvalue weighted by molar-refractivity contribution is -0.167. The maximum Gasteiger partial charge on any atom is 0.331 e. The van der Waals surface area contributed by atoms with Gasteiger partial charge in [0, 0.05) is 44.9 Å². The molecule has 1 unspecified atom stereocenters. The molecule has 0 aromatic carbocycles. The third kappa shape index (κ3) is 2.73. The molecule has 0 aliphatic carbocycles. The molecule has 3 heterocycles. The van der Waals surface area contributed by atoms with Crippen molar-refractivity contribution in [3.63, 3.8) is 0 Å². The summed E-state index contributed by atoms with van der Waals surface area (Å²) in [6.45, 7) is 3.28. The quantitative estimate of drug-likeness (QED) is 0.905. The minimum atomic E-state index is -1.06. The summed E-state index contributed by atoms with van der Waals surface area (Å²) in [5.41, 5.74) is -1.82. The van der Waals surface area contributed by atoms with Crippen LogP contribution in [0.25, 0.3) is 0 Å². The van der Waals surface area contributed by atoms with Gasteiger partial charge in [0.2, 0.25) is 0 Å². The Balaban J connectivity index is 1.72. The predicted molar refractivity (Wildman–Crippen MR) is 81.9 cm³/mol. The number of rotatable bonds is 3. The molecular formula is C16H23N3O4. The molecule has 7 nitrogen and oxygen atoms in total. The number of carbonyl (C=O) groups is 2. The molecular weight excluding hydrogens is 298 g/mol. The molecule has 1 aromatic rings. The summed E-state index contributed by atoms with van der Waals surface area (Å²) in [4.78, 5) is 26.3. The van der Waals surface area contributed by atoms with E-state index < -0.39 is 17.1 Å². The minimum absolute atomic E-state index is 0.0170. The van der Waals surface area contributed by atoms with Crippen molar-refractivity contribution in [1.29, 1.82) is 0 Å². The fraction of sp³-hybridized carbons (Fsp3) is 0.688. The molecule has 7 heteroatoms. The summed E-state index contributed by atoms with van der Waals surface area (Å²) in [6.07, 6.45) is 6.67. The van der Waals surface area contributed by atoms with Crippen molar-refractivity contribution < 1.29 is 19.4 Å². The summed E-state index contributed by atoms with van der Waals surface area (Å²) < 4.78 is 7.24. The van der Waals surface area contributed by atoms with Crippen LogP contribution < -0.4 is 0 Å². The second-order valence-electron chi connectivity index (χ2n) is 6.62. The van der Waals surface area contributed by atoms with Crippen LogP contribution in [0.5, 0.6) is 0 Å². The van der Waals surface area contributed by atoms with Crippen LogP contribution in [-0.4, -0.2) is 57.0 Å². The summed E-state index contributed by atoms with van der Waals surface area (Å²) >= 11 is 0. The molecule has 23 heavy (non-hydrogen) atoms. The highest BCUT2D eigenvalue weighted by molar-refractivity contribution is 5.85.